The van der Waals surface area contributed by atoms with Gasteiger partial charge in [-0.15, -0.1) is 0 Å². The van der Waals surface area contributed by atoms with Crippen molar-refractivity contribution in [2.45, 2.75) is 19.9 Å². The van der Waals surface area contributed by atoms with Crippen LogP contribution >= 0.6 is 0 Å². The minimum atomic E-state index is -0.259. The van der Waals surface area contributed by atoms with Crippen molar-refractivity contribution in [2.75, 3.05) is 7.11 Å². The normalized spacial score (nSPS) is 10.3. The van der Waals surface area contributed by atoms with Gasteiger partial charge < -0.3 is 9.30 Å². The monoisotopic (exact) mass is 271 g/mol. The number of nitrogens with zero attached hydrogens (tertiary/aromatic N) is 1. The molecule has 4 heteroatoms. The van der Waals surface area contributed by atoms with E-state index >= 15 is 0 Å². The lowest BCUT2D eigenvalue weighted by molar-refractivity contribution is 0.112. The van der Waals surface area contributed by atoms with E-state index in [-0.39, 0.29) is 11.1 Å². The minimum Gasteiger partial charge on any atom is -0.496 e. The van der Waals surface area contributed by atoms with E-state index in [1.807, 2.05) is 31.2 Å². The van der Waals surface area contributed by atoms with Crippen molar-refractivity contribution in [2.24, 2.45) is 0 Å². The zero-order valence-corrected chi connectivity index (χ0v) is 11.6. The lowest BCUT2D eigenvalue weighted by atomic mass is 10.1. The molecule has 0 saturated heterocycles. The molecular formula is C16H17NO3. The van der Waals surface area contributed by atoms with Crippen molar-refractivity contribution in [1.82, 2.24) is 4.57 Å². The van der Waals surface area contributed by atoms with Crippen molar-refractivity contribution < 1.29 is 9.53 Å². The third-order valence-corrected chi connectivity index (χ3v) is 3.16. The number of carbonyl (C=O) groups excluding carboxylic acids is 1. The molecule has 0 unspecified atom stereocenters. The molecule has 20 heavy (non-hydrogen) atoms. The highest BCUT2D eigenvalue weighted by molar-refractivity contribution is 5.76. The maximum absolute atomic E-state index is 12.3. The summed E-state index contributed by atoms with van der Waals surface area (Å²) < 4.78 is 6.97. The van der Waals surface area contributed by atoms with E-state index in [1.54, 1.807) is 23.8 Å². The maximum Gasteiger partial charge on any atom is 0.261 e. The molecule has 0 atom stereocenters. The first-order valence-electron chi connectivity index (χ1n) is 6.55. The van der Waals surface area contributed by atoms with Crippen LogP contribution in [-0.2, 0) is 6.54 Å². The highest BCUT2D eigenvalue weighted by Gasteiger charge is 2.12. The van der Waals surface area contributed by atoms with Gasteiger partial charge in [-0.05, 0) is 30.7 Å². The molecule has 0 aliphatic rings. The number of rotatable bonds is 5. The second-order valence-corrected chi connectivity index (χ2v) is 4.45. The molecule has 0 fully saturated rings. The van der Waals surface area contributed by atoms with Gasteiger partial charge in [0.25, 0.3) is 5.56 Å². The Morgan fingerprint density at radius 2 is 1.95 bits per heavy atom. The number of ether oxygens (including phenoxy) is 1. The van der Waals surface area contributed by atoms with E-state index in [2.05, 4.69) is 0 Å². The number of hydrogen-bond acceptors (Lipinski definition) is 3. The number of benzene rings is 1. The summed E-state index contributed by atoms with van der Waals surface area (Å²) in [6.07, 6.45) is 1.41. The molecule has 1 aromatic carbocycles. The molecule has 0 radical (unpaired) electrons. The van der Waals surface area contributed by atoms with Crippen LogP contribution in [0.2, 0.25) is 0 Å². The molecule has 1 aromatic heterocycles. The lowest BCUT2D eigenvalue weighted by Crippen LogP contribution is -2.24. The Morgan fingerprint density at radius 3 is 2.60 bits per heavy atom. The summed E-state index contributed by atoms with van der Waals surface area (Å²) in [5.74, 6) is 0.704. The molecule has 104 valence electrons. The van der Waals surface area contributed by atoms with Gasteiger partial charge in [0.05, 0.1) is 18.4 Å². The average molecular weight is 271 g/mol. The highest BCUT2D eigenvalue weighted by Crippen LogP contribution is 2.28. The molecule has 0 N–H and O–H groups in total. The van der Waals surface area contributed by atoms with Gasteiger partial charge in [0.1, 0.15) is 5.75 Å². The number of aromatic nitrogens is 1. The van der Waals surface area contributed by atoms with Crippen LogP contribution in [-0.4, -0.2) is 18.0 Å². The topological polar surface area (TPSA) is 48.3 Å². The number of hydrogen-bond donors (Lipinski definition) is 0. The fourth-order valence-corrected chi connectivity index (χ4v) is 2.22. The van der Waals surface area contributed by atoms with Crippen LogP contribution in [0.3, 0.4) is 0 Å². The Morgan fingerprint density at radius 1 is 1.20 bits per heavy atom. The van der Waals surface area contributed by atoms with Gasteiger partial charge in [0.15, 0.2) is 6.29 Å². The molecule has 0 bridgehead atoms. The summed E-state index contributed by atoms with van der Waals surface area (Å²) in [5, 5.41) is 0. The molecule has 2 aromatic rings. The molecule has 1 heterocycles. The summed E-state index contributed by atoms with van der Waals surface area (Å²) in [7, 11) is 1.60. The zero-order valence-electron chi connectivity index (χ0n) is 11.6. The van der Waals surface area contributed by atoms with Gasteiger partial charge in [-0.2, -0.15) is 0 Å². The second kappa shape index (κ2) is 6.19. The number of methoxy groups -OCH3 is 1. The molecule has 4 nitrogen and oxygen atoms in total. The van der Waals surface area contributed by atoms with Crippen LogP contribution in [0, 0.1) is 0 Å². The molecule has 0 saturated carbocycles. The van der Waals surface area contributed by atoms with E-state index < -0.39 is 0 Å². The average Bonchev–Trinajstić information content (AvgIpc) is 2.49. The molecular weight excluding hydrogens is 254 g/mol. The van der Waals surface area contributed by atoms with Gasteiger partial charge >= 0.3 is 0 Å². The van der Waals surface area contributed by atoms with E-state index in [4.69, 9.17) is 4.74 Å². The Kier molecular flexibility index (Phi) is 4.35. The van der Waals surface area contributed by atoms with E-state index in [1.165, 1.54) is 0 Å². The first kappa shape index (κ1) is 14.1. The van der Waals surface area contributed by atoms with Gasteiger partial charge in [-0.1, -0.05) is 19.1 Å². The number of pyridine rings is 1. The smallest absolute Gasteiger partial charge is 0.261 e. The SMILES string of the molecule is CCCn1c(-c2ccccc2OC)ccc(C=O)c1=O. The van der Waals surface area contributed by atoms with Crippen molar-refractivity contribution >= 4 is 6.29 Å². The van der Waals surface area contributed by atoms with Crippen molar-refractivity contribution in [1.29, 1.82) is 0 Å². The Balaban J connectivity index is 2.70. The van der Waals surface area contributed by atoms with Crippen LogP contribution in [0.4, 0.5) is 0 Å². The Bertz CT molecular complexity index is 674. The third-order valence-electron chi connectivity index (χ3n) is 3.16. The summed E-state index contributed by atoms with van der Waals surface area (Å²) in [4.78, 5) is 23.2. The summed E-state index contributed by atoms with van der Waals surface area (Å²) in [6.45, 7) is 2.56. The van der Waals surface area contributed by atoms with Crippen molar-refractivity contribution in [3.05, 3.63) is 52.3 Å². The van der Waals surface area contributed by atoms with Crippen LogP contribution < -0.4 is 10.3 Å². The zero-order chi connectivity index (χ0) is 14.5. The van der Waals surface area contributed by atoms with E-state index in [0.717, 1.165) is 17.7 Å². The minimum absolute atomic E-state index is 0.178. The quantitative estimate of drug-likeness (QED) is 0.786. The Hall–Kier alpha value is -2.36. The molecule has 2 rings (SSSR count). The first-order valence-corrected chi connectivity index (χ1v) is 6.55. The number of aldehydes is 1. The van der Waals surface area contributed by atoms with E-state index in [0.29, 0.717) is 18.6 Å². The summed E-state index contributed by atoms with van der Waals surface area (Å²) >= 11 is 0. The summed E-state index contributed by atoms with van der Waals surface area (Å²) in [5.41, 5.74) is 1.53. The van der Waals surface area contributed by atoms with Crippen molar-refractivity contribution in [3.63, 3.8) is 0 Å². The second-order valence-electron chi connectivity index (χ2n) is 4.45. The van der Waals surface area contributed by atoms with E-state index in [9.17, 15) is 9.59 Å². The van der Waals surface area contributed by atoms with Gasteiger partial charge in [0, 0.05) is 12.1 Å². The van der Waals surface area contributed by atoms with Crippen LogP contribution in [0.25, 0.3) is 11.3 Å². The van der Waals surface area contributed by atoms with Crippen LogP contribution in [0.1, 0.15) is 23.7 Å². The maximum atomic E-state index is 12.3. The number of carbonyl (C=O) groups is 1. The standard InChI is InChI=1S/C16H17NO3/c1-3-10-17-14(9-8-12(11-18)16(17)19)13-6-4-5-7-15(13)20-2/h4-9,11H,3,10H2,1-2H3. The summed E-state index contributed by atoms with van der Waals surface area (Å²) in [6, 6.07) is 10.9. The first-order chi connectivity index (χ1) is 9.72. The van der Waals surface area contributed by atoms with Crippen LogP contribution in [0.15, 0.2) is 41.2 Å². The third kappa shape index (κ3) is 2.50. The fraction of sp³-hybridized carbons (Fsp3) is 0.250. The predicted octanol–water partition coefficient (Wildman–Crippen LogP) is 2.75. The van der Waals surface area contributed by atoms with Gasteiger partial charge in [0.2, 0.25) is 0 Å². The van der Waals surface area contributed by atoms with Crippen molar-refractivity contribution in [3.8, 4) is 17.0 Å². The molecule has 0 aliphatic carbocycles. The molecule has 0 amide bonds. The number of para-hydroxylation sites is 1. The highest BCUT2D eigenvalue weighted by atomic mass is 16.5. The molecule has 0 spiro atoms. The molecule has 0 aliphatic heterocycles. The van der Waals surface area contributed by atoms with Gasteiger partial charge in [-0.25, -0.2) is 0 Å². The predicted molar refractivity (Wildman–Crippen MR) is 78.4 cm³/mol. The largest absolute Gasteiger partial charge is 0.496 e. The van der Waals surface area contributed by atoms with Crippen LogP contribution in [0.5, 0.6) is 5.75 Å². The fourth-order valence-electron chi connectivity index (χ4n) is 2.22. The lowest BCUT2D eigenvalue weighted by Gasteiger charge is -2.15. The Labute approximate surface area is 117 Å². The van der Waals surface area contributed by atoms with Gasteiger partial charge in [-0.3, -0.25) is 9.59 Å².